The topological polar surface area (TPSA) is 82.3 Å². The van der Waals surface area contributed by atoms with E-state index >= 15 is 0 Å². The molecule has 6 nitrogen and oxygen atoms in total. The maximum Gasteiger partial charge on any atom is 0.158 e. The zero-order valence-corrected chi connectivity index (χ0v) is 9.76. The fraction of sp³-hybridized carbons (Fsp3) is 0.636. The van der Waals surface area contributed by atoms with Gasteiger partial charge in [-0.05, 0) is 18.8 Å². The van der Waals surface area contributed by atoms with E-state index in [1.165, 1.54) is 0 Å². The summed E-state index contributed by atoms with van der Waals surface area (Å²) in [5.41, 5.74) is 3.25. The Balaban J connectivity index is 1.69. The highest BCUT2D eigenvalue weighted by Gasteiger charge is 2.13. The predicted molar refractivity (Wildman–Crippen MR) is 63.0 cm³/mol. The molecule has 6 heteroatoms. The van der Waals surface area contributed by atoms with Crippen LogP contribution in [0.3, 0.4) is 0 Å². The van der Waals surface area contributed by atoms with Crippen molar-refractivity contribution in [3.63, 3.8) is 0 Å². The Hall–Kier alpha value is -1.24. The molecule has 0 atom stereocenters. The third-order valence-electron chi connectivity index (χ3n) is 2.80. The van der Waals surface area contributed by atoms with Crippen molar-refractivity contribution < 1.29 is 9.47 Å². The van der Waals surface area contributed by atoms with Crippen LogP contribution in [0.4, 0.5) is 5.82 Å². The summed E-state index contributed by atoms with van der Waals surface area (Å²) < 4.78 is 10.9. The average Bonchev–Trinajstić information content (AvgIpc) is 2.41. The van der Waals surface area contributed by atoms with Gasteiger partial charge in [0.1, 0.15) is 0 Å². The summed E-state index contributed by atoms with van der Waals surface area (Å²) in [5, 5.41) is 0. The van der Waals surface area contributed by atoms with Crippen LogP contribution < -0.4 is 11.3 Å². The first-order chi connectivity index (χ1) is 8.38. The Bertz CT molecular complexity index is 325. The number of hydrazine groups is 1. The molecule has 2 heterocycles. The SMILES string of the molecule is NNc1cnc(COCC2CCOCC2)cn1. The van der Waals surface area contributed by atoms with E-state index in [2.05, 4.69) is 15.4 Å². The predicted octanol–water partition coefficient (Wildman–Crippen LogP) is 0.705. The molecule has 0 spiro atoms. The summed E-state index contributed by atoms with van der Waals surface area (Å²) >= 11 is 0. The molecule has 1 fully saturated rings. The van der Waals surface area contributed by atoms with E-state index < -0.39 is 0 Å². The van der Waals surface area contributed by atoms with Crippen LogP contribution in [0, 0.1) is 5.92 Å². The monoisotopic (exact) mass is 238 g/mol. The van der Waals surface area contributed by atoms with Crippen LogP contribution in [0.15, 0.2) is 12.4 Å². The molecule has 0 aromatic carbocycles. The molecule has 1 saturated heterocycles. The molecule has 1 aliphatic rings. The van der Waals surface area contributed by atoms with Crippen molar-refractivity contribution in [2.24, 2.45) is 11.8 Å². The Morgan fingerprint density at radius 2 is 2.18 bits per heavy atom. The highest BCUT2D eigenvalue weighted by Crippen LogP contribution is 2.15. The molecule has 2 rings (SSSR count). The van der Waals surface area contributed by atoms with Crippen molar-refractivity contribution in [1.82, 2.24) is 9.97 Å². The normalized spacial score (nSPS) is 17.0. The summed E-state index contributed by atoms with van der Waals surface area (Å²) in [6, 6.07) is 0. The lowest BCUT2D eigenvalue weighted by Gasteiger charge is -2.21. The number of rotatable bonds is 5. The third kappa shape index (κ3) is 3.92. The molecular weight excluding hydrogens is 220 g/mol. The molecule has 0 amide bonds. The number of hydrogen-bond donors (Lipinski definition) is 2. The van der Waals surface area contributed by atoms with Crippen LogP contribution in [-0.4, -0.2) is 29.8 Å². The largest absolute Gasteiger partial charge is 0.381 e. The summed E-state index contributed by atoms with van der Waals surface area (Å²) in [5.74, 6) is 6.37. The molecule has 0 unspecified atom stereocenters. The van der Waals surface area contributed by atoms with Gasteiger partial charge in [0.05, 0.1) is 31.3 Å². The highest BCUT2D eigenvalue weighted by atomic mass is 16.5. The van der Waals surface area contributed by atoms with E-state index in [0.717, 1.165) is 38.4 Å². The van der Waals surface area contributed by atoms with Crippen LogP contribution in [0.5, 0.6) is 0 Å². The van der Waals surface area contributed by atoms with Crippen molar-refractivity contribution in [2.45, 2.75) is 19.4 Å². The summed E-state index contributed by atoms with van der Waals surface area (Å²) in [7, 11) is 0. The maximum atomic E-state index is 5.62. The molecule has 0 aliphatic carbocycles. The number of anilines is 1. The first-order valence-electron chi connectivity index (χ1n) is 5.81. The van der Waals surface area contributed by atoms with Crippen LogP contribution in [0.25, 0.3) is 0 Å². The minimum absolute atomic E-state index is 0.495. The molecule has 0 bridgehead atoms. The average molecular weight is 238 g/mol. The second kappa shape index (κ2) is 6.48. The lowest BCUT2D eigenvalue weighted by atomic mass is 10.0. The number of ether oxygens (including phenoxy) is 2. The molecule has 17 heavy (non-hydrogen) atoms. The second-order valence-corrected chi connectivity index (χ2v) is 4.11. The number of hydrogen-bond acceptors (Lipinski definition) is 6. The Morgan fingerprint density at radius 3 is 2.82 bits per heavy atom. The number of nitrogens with one attached hydrogen (secondary N) is 1. The smallest absolute Gasteiger partial charge is 0.158 e. The van der Waals surface area contributed by atoms with Gasteiger partial charge in [-0.25, -0.2) is 10.8 Å². The van der Waals surface area contributed by atoms with Gasteiger partial charge < -0.3 is 14.9 Å². The molecule has 1 aromatic rings. The minimum Gasteiger partial charge on any atom is -0.381 e. The summed E-state index contributed by atoms with van der Waals surface area (Å²) in [6.45, 7) is 2.96. The standard InChI is InChI=1S/C11H18N4O2/c12-15-11-6-13-10(5-14-11)8-17-7-9-1-3-16-4-2-9/h5-6,9H,1-4,7-8,12H2,(H,14,15). The van der Waals surface area contributed by atoms with Crippen molar-refractivity contribution in [3.8, 4) is 0 Å². The fourth-order valence-corrected chi connectivity index (χ4v) is 1.75. The Labute approximate surface area is 101 Å². The van der Waals surface area contributed by atoms with Gasteiger partial charge in [-0.2, -0.15) is 0 Å². The van der Waals surface area contributed by atoms with E-state index in [1.807, 2.05) is 0 Å². The van der Waals surface area contributed by atoms with Crippen LogP contribution in [0.2, 0.25) is 0 Å². The van der Waals surface area contributed by atoms with Crippen LogP contribution in [-0.2, 0) is 16.1 Å². The fourth-order valence-electron chi connectivity index (χ4n) is 1.75. The molecule has 0 saturated carbocycles. The zero-order chi connectivity index (χ0) is 11.9. The first-order valence-corrected chi connectivity index (χ1v) is 5.81. The van der Waals surface area contributed by atoms with Crippen LogP contribution in [0.1, 0.15) is 18.5 Å². The number of aromatic nitrogens is 2. The van der Waals surface area contributed by atoms with Gasteiger partial charge in [0.15, 0.2) is 5.82 Å². The number of nitrogens with two attached hydrogens (primary N) is 1. The highest BCUT2D eigenvalue weighted by molar-refractivity contribution is 5.28. The number of nitrogens with zero attached hydrogens (tertiary/aromatic N) is 2. The van der Waals surface area contributed by atoms with E-state index in [0.29, 0.717) is 18.3 Å². The van der Waals surface area contributed by atoms with Gasteiger partial charge in [0.2, 0.25) is 0 Å². The van der Waals surface area contributed by atoms with Gasteiger partial charge in [-0.1, -0.05) is 0 Å². The van der Waals surface area contributed by atoms with Crippen molar-refractivity contribution >= 4 is 5.82 Å². The Kier molecular flexibility index (Phi) is 4.66. The lowest BCUT2D eigenvalue weighted by molar-refractivity contribution is 0.0149. The summed E-state index contributed by atoms with van der Waals surface area (Å²) in [6.07, 6.45) is 5.43. The summed E-state index contributed by atoms with van der Waals surface area (Å²) in [4.78, 5) is 8.24. The third-order valence-corrected chi connectivity index (χ3v) is 2.80. The van der Waals surface area contributed by atoms with E-state index in [1.54, 1.807) is 12.4 Å². The van der Waals surface area contributed by atoms with E-state index in [-0.39, 0.29) is 0 Å². The molecule has 1 aromatic heterocycles. The molecular formula is C11H18N4O2. The number of nitrogen functional groups attached to an aromatic ring is 1. The van der Waals surface area contributed by atoms with Crippen LogP contribution >= 0.6 is 0 Å². The molecule has 3 N–H and O–H groups in total. The Morgan fingerprint density at radius 1 is 1.35 bits per heavy atom. The van der Waals surface area contributed by atoms with E-state index in [4.69, 9.17) is 15.3 Å². The van der Waals surface area contributed by atoms with Gasteiger partial charge in [-0.3, -0.25) is 4.98 Å². The molecule has 0 radical (unpaired) electrons. The van der Waals surface area contributed by atoms with Gasteiger partial charge >= 0.3 is 0 Å². The van der Waals surface area contributed by atoms with Crippen molar-refractivity contribution in [3.05, 3.63) is 18.1 Å². The lowest BCUT2D eigenvalue weighted by Crippen LogP contribution is -2.20. The first kappa shape index (κ1) is 12.2. The van der Waals surface area contributed by atoms with E-state index in [9.17, 15) is 0 Å². The van der Waals surface area contributed by atoms with Gasteiger partial charge in [-0.15, -0.1) is 0 Å². The minimum atomic E-state index is 0.495. The molecule has 94 valence electrons. The molecule has 1 aliphatic heterocycles. The van der Waals surface area contributed by atoms with Crippen molar-refractivity contribution in [1.29, 1.82) is 0 Å². The maximum absolute atomic E-state index is 5.62. The second-order valence-electron chi connectivity index (χ2n) is 4.11. The quantitative estimate of drug-likeness (QED) is 0.580. The zero-order valence-electron chi connectivity index (χ0n) is 9.76. The van der Waals surface area contributed by atoms with Gasteiger partial charge in [0.25, 0.3) is 0 Å². The van der Waals surface area contributed by atoms with Crippen molar-refractivity contribution in [2.75, 3.05) is 25.2 Å². The van der Waals surface area contributed by atoms with Gasteiger partial charge in [0, 0.05) is 13.2 Å².